The quantitative estimate of drug-likeness (QED) is 0.659. The molecule has 0 aromatic rings. The van der Waals surface area contributed by atoms with Gasteiger partial charge in [-0.3, -0.25) is 4.79 Å². The Balaban J connectivity index is 2.09. The number of carboxylic acid groups (broad SMARTS) is 1. The van der Waals surface area contributed by atoms with Crippen molar-refractivity contribution in [2.75, 3.05) is 11.5 Å². The number of hydrogen-bond donors (Lipinski definition) is 1. The van der Waals surface area contributed by atoms with Crippen LogP contribution in [0.4, 0.5) is 0 Å². The van der Waals surface area contributed by atoms with Gasteiger partial charge < -0.3 is 5.11 Å². The zero-order chi connectivity index (χ0) is 9.64. The summed E-state index contributed by atoms with van der Waals surface area (Å²) < 4.78 is 22.3. The van der Waals surface area contributed by atoms with Gasteiger partial charge in [-0.15, -0.1) is 0 Å². The molecule has 4 nitrogen and oxygen atoms in total. The molecular weight excluding hydrogens is 192 g/mol. The third kappa shape index (κ3) is 1.57. The minimum absolute atomic E-state index is 0.117. The summed E-state index contributed by atoms with van der Waals surface area (Å²) in [6.07, 6.45) is 1.11. The van der Waals surface area contributed by atoms with E-state index in [9.17, 15) is 13.2 Å². The van der Waals surface area contributed by atoms with Crippen molar-refractivity contribution >= 4 is 15.8 Å². The highest BCUT2D eigenvalue weighted by Gasteiger charge is 2.46. The molecule has 5 heteroatoms. The van der Waals surface area contributed by atoms with Gasteiger partial charge in [-0.25, -0.2) is 8.42 Å². The van der Waals surface area contributed by atoms with Crippen molar-refractivity contribution in [1.29, 1.82) is 0 Å². The van der Waals surface area contributed by atoms with Gasteiger partial charge in [0.25, 0.3) is 0 Å². The van der Waals surface area contributed by atoms with Crippen LogP contribution < -0.4 is 0 Å². The Kier molecular flexibility index (Phi) is 1.87. The van der Waals surface area contributed by atoms with Crippen LogP contribution in [-0.2, 0) is 14.6 Å². The summed E-state index contributed by atoms with van der Waals surface area (Å²) in [4.78, 5) is 10.6. The summed E-state index contributed by atoms with van der Waals surface area (Å²) >= 11 is 0. The topological polar surface area (TPSA) is 71.4 Å². The second-order valence-corrected chi connectivity index (χ2v) is 6.26. The average molecular weight is 204 g/mol. The van der Waals surface area contributed by atoms with E-state index in [1.165, 1.54) is 0 Å². The predicted octanol–water partition coefficient (Wildman–Crippen LogP) is 0.142. The van der Waals surface area contributed by atoms with Crippen LogP contribution >= 0.6 is 0 Å². The summed E-state index contributed by atoms with van der Waals surface area (Å²) in [6, 6.07) is 0. The fraction of sp³-hybridized carbons (Fsp3) is 0.875. The molecule has 1 saturated carbocycles. The maximum absolute atomic E-state index is 11.2. The van der Waals surface area contributed by atoms with E-state index < -0.39 is 15.8 Å². The lowest BCUT2D eigenvalue weighted by Crippen LogP contribution is -2.14. The summed E-state index contributed by atoms with van der Waals surface area (Å²) in [6.45, 7) is 0. The van der Waals surface area contributed by atoms with Crippen LogP contribution in [0.2, 0.25) is 0 Å². The molecule has 0 bridgehead atoms. The normalized spacial score (nSPS) is 41.7. The third-order valence-corrected chi connectivity index (χ3v) is 5.00. The molecule has 1 aliphatic carbocycles. The summed E-state index contributed by atoms with van der Waals surface area (Å²) in [7, 11) is -2.85. The molecule has 13 heavy (non-hydrogen) atoms. The molecule has 1 aliphatic heterocycles. The summed E-state index contributed by atoms with van der Waals surface area (Å²) in [5.41, 5.74) is 0. The molecule has 0 aromatic heterocycles. The van der Waals surface area contributed by atoms with Gasteiger partial charge in [0, 0.05) is 0 Å². The zero-order valence-electron chi connectivity index (χ0n) is 7.14. The van der Waals surface area contributed by atoms with Crippen LogP contribution in [0.3, 0.4) is 0 Å². The van der Waals surface area contributed by atoms with Crippen molar-refractivity contribution in [2.24, 2.45) is 17.8 Å². The van der Waals surface area contributed by atoms with Crippen LogP contribution in [0.5, 0.6) is 0 Å². The van der Waals surface area contributed by atoms with Crippen LogP contribution in [0.1, 0.15) is 12.8 Å². The minimum atomic E-state index is -2.85. The first-order valence-electron chi connectivity index (χ1n) is 4.41. The van der Waals surface area contributed by atoms with E-state index >= 15 is 0 Å². The van der Waals surface area contributed by atoms with E-state index in [0.717, 1.165) is 0 Å². The predicted molar refractivity (Wildman–Crippen MR) is 46.0 cm³/mol. The Morgan fingerprint density at radius 1 is 1.15 bits per heavy atom. The zero-order valence-corrected chi connectivity index (χ0v) is 7.96. The molecule has 2 rings (SSSR count). The van der Waals surface area contributed by atoms with E-state index in [4.69, 9.17) is 5.11 Å². The molecule has 0 amide bonds. The molecule has 3 atom stereocenters. The van der Waals surface area contributed by atoms with Crippen molar-refractivity contribution in [2.45, 2.75) is 12.8 Å². The fourth-order valence-electron chi connectivity index (χ4n) is 2.54. The number of carboxylic acids is 1. The van der Waals surface area contributed by atoms with Crippen LogP contribution in [-0.4, -0.2) is 31.0 Å². The van der Waals surface area contributed by atoms with Crippen LogP contribution in [0, 0.1) is 17.8 Å². The second kappa shape index (κ2) is 2.70. The Hall–Kier alpha value is -0.580. The standard InChI is InChI=1S/C8H12O4S/c9-8(10)5-1-6-3-13(11,12)4-7(6)2-5/h5-7H,1-4H2,(H,9,10)/t5?,6-,7+. The minimum Gasteiger partial charge on any atom is -0.481 e. The summed E-state index contributed by atoms with van der Waals surface area (Å²) in [5, 5.41) is 8.75. The molecule has 1 N–H and O–H groups in total. The fourth-order valence-corrected chi connectivity index (χ4v) is 4.80. The highest BCUT2D eigenvalue weighted by molar-refractivity contribution is 7.91. The first-order valence-corrected chi connectivity index (χ1v) is 6.23. The van der Waals surface area contributed by atoms with Gasteiger partial charge in [-0.05, 0) is 24.7 Å². The number of carbonyl (C=O) groups is 1. The molecule has 2 aliphatic rings. The van der Waals surface area contributed by atoms with Gasteiger partial charge >= 0.3 is 5.97 Å². The van der Waals surface area contributed by atoms with Crippen molar-refractivity contribution in [1.82, 2.24) is 0 Å². The van der Waals surface area contributed by atoms with Crippen molar-refractivity contribution in [3.63, 3.8) is 0 Å². The van der Waals surface area contributed by atoms with Crippen molar-refractivity contribution < 1.29 is 18.3 Å². The number of fused-ring (bicyclic) bond motifs is 1. The van der Waals surface area contributed by atoms with Gasteiger partial charge in [0.2, 0.25) is 0 Å². The Bertz CT molecular complexity index is 312. The molecule has 74 valence electrons. The average Bonchev–Trinajstić information content (AvgIpc) is 2.39. The molecule has 1 heterocycles. The molecule has 0 spiro atoms. The lowest BCUT2D eigenvalue weighted by atomic mass is 10.0. The Morgan fingerprint density at radius 2 is 1.62 bits per heavy atom. The maximum Gasteiger partial charge on any atom is 0.306 e. The SMILES string of the molecule is O=C(O)C1C[C@@H]2CS(=O)(=O)C[C@@H]2C1. The Labute approximate surface area is 76.9 Å². The third-order valence-electron chi connectivity index (χ3n) is 3.13. The highest BCUT2D eigenvalue weighted by Crippen LogP contribution is 2.42. The molecule has 0 aromatic carbocycles. The van der Waals surface area contributed by atoms with Crippen LogP contribution in [0.25, 0.3) is 0 Å². The smallest absolute Gasteiger partial charge is 0.306 e. The number of aliphatic carboxylic acids is 1. The largest absolute Gasteiger partial charge is 0.481 e. The monoisotopic (exact) mass is 204 g/mol. The first kappa shape index (κ1) is 8.99. The van der Waals surface area contributed by atoms with E-state index in [0.29, 0.717) is 12.8 Å². The van der Waals surface area contributed by atoms with Crippen molar-refractivity contribution in [3.8, 4) is 0 Å². The van der Waals surface area contributed by atoms with Crippen LogP contribution in [0.15, 0.2) is 0 Å². The molecule has 2 fully saturated rings. The van der Waals surface area contributed by atoms with E-state index in [1.807, 2.05) is 0 Å². The number of hydrogen-bond acceptors (Lipinski definition) is 3. The van der Waals surface area contributed by atoms with E-state index in [2.05, 4.69) is 0 Å². The first-order chi connectivity index (χ1) is 5.98. The second-order valence-electron chi connectivity index (χ2n) is 4.10. The van der Waals surface area contributed by atoms with Gasteiger partial charge in [0.05, 0.1) is 17.4 Å². The molecule has 0 radical (unpaired) electrons. The lowest BCUT2D eigenvalue weighted by molar-refractivity contribution is -0.141. The molecular formula is C8H12O4S. The van der Waals surface area contributed by atoms with Gasteiger partial charge in [-0.1, -0.05) is 0 Å². The maximum atomic E-state index is 11.2. The van der Waals surface area contributed by atoms with Gasteiger partial charge in [0.15, 0.2) is 9.84 Å². The van der Waals surface area contributed by atoms with Crippen molar-refractivity contribution in [3.05, 3.63) is 0 Å². The van der Waals surface area contributed by atoms with Gasteiger partial charge in [-0.2, -0.15) is 0 Å². The number of sulfone groups is 1. The molecule has 1 unspecified atom stereocenters. The number of rotatable bonds is 1. The van der Waals surface area contributed by atoms with E-state index in [-0.39, 0.29) is 29.3 Å². The van der Waals surface area contributed by atoms with Gasteiger partial charge in [0.1, 0.15) is 0 Å². The van der Waals surface area contributed by atoms with E-state index in [1.54, 1.807) is 0 Å². The molecule has 1 saturated heterocycles. The lowest BCUT2D eigenvalue weighted by Gasteiger charge is -2.03. The highest BCUT2D eigenvalue weighted by atomic mass is 32.2. The summed E-state index contributed by atoms with van der Waals surface area (Å²) in [5.74, 6) is -0.419. The Morgan fingerprint density at radius 3 is 2.00 bits per heavy atom.